The lowest BCUT2D eigenvalue weighted by Crippen LogP contribution is -2.37. The maximum Gasteiger partial charge on any atom is 0.264 e. The van der Waals surface area contributed by atoms with Gasteiger partial charge < -0.3 is 4.74 Å². The molecule has 0 fully saturated rings. The molecule has 4 rings (SSSR count). The smallest absolute Gasteiger partial charge is 0.264 e. The molecular formula is C29H26N2O2. The van der Waals surface area contributed by atoms with Crippen LogP contribution in [0.15, 0.2) is 108 Å². The number of nitrogens with zero attached hydrogens (tertiary/aromatic N) is 2. The first kappa shape index (κ1) is 22.0. The van der Waals surface area contributed by atoms with Gasteiger partial charge in [0.25, 0.3) is 5.91 Å². The van der Waals surface area contributed by atoms with Crippen LogP contribution in [0.1, 0.15) is 27.0 Å². The van der Waals surface area contributed by atoms with E-state index in [2.05, 4.69) is 0 Å². The zero-order valence-corrected chi connectivity index (χ0v) is 19.0. The Bertz CT molecular complexity index is 1240. The molecule has 0 bridgehead atoms. The number of anilines is 1. The molecule has 4 aromatic carbocycles. The predicted octanol–water partition coefficient (Wildman–Crippen LogP) is 6.74. The van der Waals surface area contributed by atoms with Crippen LogP contribution in [-0.4, -0.2) is 18.9 Å². The summed E-state index contributed by atoms with van der Waals surface area (Å²) in [4.78, 5) is 20.5. The molecule has 0 aliphatic carbocycles. The number of carbonyl (C=O) groups excluding carboxylic acids is 1. The molecule has 0 heterocycles. The lowest BCUT2D eigenvalue weighted by atomic mass is 10.1. The molecule has 0 aliphatic rings. The van der Waals surface area contributed by atoms with Crippen LogP contribution >= 0.6 is 0 Å². The second-order valence-electron chi connectivity index (χ2n) is 7.84. The van der Waals surface area contributed by atoms with Gasteiger partial charge in [-0.05, 0) is 62.4 Å². The second kappa shape index (κ2) is 9.96. The Kier molecular flexibility index (Phi) is 6.65. The predicted molar refractivity (Wildman–Crippen MR) is 135 cm³/mol. The van der Waals surface area contributed by atoms with Gasteiger partial charge >= 0.3 is 0 Å². The van der Waals surface area contributed by atoms with E-state index in [4.69, 9.17) is 9.73 Å². The number of hydrogen-bond acceptors (Lipinski definition) is 3. The van der Waals surface area contributed by atoms with Gasteiger partial charge in [-0.1, -0.05) is 65.7 Å². The van der Waals surface area contributed by atoms with Crippen molar-refractivity contribution in [3.05, 3.63) is 125 Å². The summed E-state index contributed by atoms with van der Waals surface area (Å²) in [6.45, 7) is 4.07. The second-order valence-corrected chi connectivity index (χ2v) is 7.84. The molecule has 1 amide bonds. The highest BCUT2D eigenvalue weighted by atomic mass is 16.5. The standard InChI is InChI=1S/C29H26N2O2/c1-21-9-13-23(14-10-21)28(30-25-15-19-27(33-3)20-16-25)31(26-17-11-22(2)12-18-26)29(32)24-7-5-4-6-8-24/h4-20H,1-3H3. The molecule has 0 aromatic heterocycles. The Morgan fingerprint density at radius 2 is 1.27 bits per heavy atom. The largest absolute Gasteiger partial charge is 0.497 e. The third-order valence-electron chi connectivity index (χ3n) is 5.34. The lowest BCUT2D eigenvalue weighted by Gasteiger charge is -2.25. The van der Waals surface area contributed by atoms with Crippen LogP contribution in [-0.2, 0) is 0 Å². The number of methoxy groups -OCH3 is 1. The average Bonchev–Trinajstić information content (AvgIpc) is 2.86. The van der Waals surface area contributed by atoms with Crippen LogP contribution in [0.25, 0.3) is 0 Å². The van der Waals surface area contributed by atoms with Crippen LogP contribution in [0.5, 0.6) is 5.75 Å². The number of rotatable bonds is 5. The van der Waals surface area contributed by atoms with E-state index in [1.54, 1.807) is 12.0 Å². The fraction of sp³-hybridized carbons (Fsp3) is 0.103. The minimum absolute atomic E-state index is 0.146. The van der Waals surface area contributed by atoms with Gasteiger partial charge in [-0.3, -0.25) is 9.69 Å². The SMILES string of the molecule is COc1ccc(N=C(c2ccc(C)cc2)N(C(=O)c2ccccc2)c2ccc(C)cc2)cc1. The summed E-state index contributed by atoms with van der Waals surface area (Å²) in [5.74, 6) is 1.16. The third-order valence-corrected chi connectivity index (χ3v) is 5.34. The van der Waals surface area contributed by atoms with Crippen molar-refractivity contribution in [2.45, 2.75) is 13.8 Å². The summed E-state index contributed by atoms with van der Waals surface area (Å²) in [6, 6.07) is 32.7. The molecule has 0 saturated heterocycles. The molecule has 0 N–H and O–H groups in total. The number of carbonyl (C=O) groups is 1. The van der Waals surface area contributed by atoms with Crippen LogP contribution in [0.2, 0.25) is 0 Å². The number of amides is 1. The van der Waals surface area contributed by atoms with E-state index >= 15 is 0 Å². The zero-order chi connectivity index (χ0) is 23.2. The summed E-state index contributed by atoms with van der Waals surface area (Å²) in [5.41, 5.74) is 5.18. The van der Waals surface area contributed by atoms with E-state index in [0.29, 0.717) is 11.4 Å². The van der Waals surface area contributed by atoms with Gasteiger partial charge in [0, 0.05) is 11.1 Å². The van der Waals surface area contributed by atoms with Gasteiger partial charge in [-0.15, -0.1) is 0 Å². The maximum absolute atomic E-state index is 13.8. The third kappa shape index (κ3) is 5.18. The molecule has 4 nitrogen and oxygen atoms in total. The molecule has 0 atom stereocenters. The van der Waals surface area contributed by atoms with Crippen LogP contribution in [0.3, 0.4) is 0 Å². The molecule has 0 spiro atoms. The Balaban J connectivity index is 1.91. The van der Waals surface area contributed by atoms with Crippen molar-refractivity contribution in [2.75, 3.05) is 12.0 Å². The number of ether oxygens (including phenoxy) is 1. The average molecular weight is 435 g/mol. The minimum atomic E-state index is -0.146. The van der Waals surface area contributed by atoms with Crippen molar-refractivity contribution in [1.82, 2.24) is 0 Å². The molecular weight excluding hydrogens is 408 g/mol. The normalized spacial score (nSPS) is 11.2. The van der Waals surface area contributed by atoms with Crippen molar-refractivity contribution in [2.24, 2.45) is 4.99 Å². The molecule has 4 heteroatoms. The Morgan fingerprint density at radius 1 is 0.697 bits per heavy atom. The van der Waals surface area contributed by atoms with Crippen LogP contribution < -0.4 is 9.64 Å². The summed E-state index contributed by atoms with van der Waals surface area (Å²) in [7, 11) is 1.63. The van der Waals surface area contributed by atoms with E-state index in [1.165, 1.54) is 0 Å². The van der Waals surface area contributed by atoms with Gasteiger partial charge in [0.2, 0.25) is 0 Å². The highest BCUT2D eigenvalue weighted by Gasteiger charge is 2.24. The van der Waals surface area contributed by atoms with Crippen molar-refractivity contribution >= 4 is 23.1 Å². The van der Waals surface area contributed by atoms with E-state index in [9.17, 15) is 4.79 Å². The van der Waals surface area contributed by atoms with Crippen molar-refractivity contribution in [3.63, 3.8) is 0 Å². The van der Waals surface area contributed by atoms with E-state index in [-0.39, 0.29) is 5.91 Å². The summed E-state index contributed by atoms with van der Waals surface area (Å²) >= 11 is 0. The first-order valence-corrected chi connectivity index (χ1v) is 10.8. The van der Waals surface area contributed by atoms with Crippen molar-refractivity contribution < 1.29 is 9.53 Å². The molecule has 0 aliphatic heterocycles. The number of aryl methyl sites for hydroxylation is 2. The number of aliphatic imine (C=N–C) groups is 1. The first-order valence-electron chi connectivity index (χ1n) is 10.8. The Hall–Kier alpha value is -4.18. The van der Waals surface area contributed by atoms with E-state index < -0.39 is 0 Å². The van der Waals surface area contributed by atoms with E-state index in [1.807, 2.05) is 117 Å². The molecule has 0 saturated carbocycles. The fourth-order valence-corrected chi connectivity index (χ4v) is 3.46. The Morgan fingerprint density at radius 3 is 1.85 bits per heavy atom. The number of amidine groups is 1. The highest BCUT2D eigenvalue weighted by Crippen LogP contribution is 2.25. The van der Waals surface area contributed by atoms with Gasteiger partial charge in [0.15, 0.2) is 0 Å². The molecule has 164 valence electrons. The fourth-order valence-electron chi connectivity index (χ4n) is 3.46. The van der Waals surface area contributed by atoms with Crippen molar-refractivity contribution in [1.29, 1.82) is 0 Å². The summed E-state index contributed by atoms with van der Waals surface area (Å²) < 4.78 is 5.28. The van der Waals surface area contributed by atoms with Crippen LogP contribution in [0.4, 0.5) is 11.4 Å². The first-order chi connectivity index (χ1) is 16.0. The lowest BCUT2D eigenvalue weighted by molar-refractivity contribution is 0.100. The Labute approximate surface area is 194 Å². The van der Waals surface area contributed by atoms with Gasteiger partial charge in [0.1, 0.15) is 11.6 Å². The highest BCUT2D eigenvalue weighted by molar-refractivity contribution is 6.28. The number of hydrogen-bond donors (Lipinski definition) is 0. The van der Waals surface area contributed by atoms with Crippen molar-refractivity contribution in [3.8, 4) is 5.75 Å². The van der Waals surface area contributed by atoms with E-state index in [0.717, 1.165) is 33.8 Å². The monoisotopic (exact) mass is 434 g/mol. The van der Waals surface area contributed by atoms with Gasteiger partial charge in [-0.2, -0.15) is 0 Å². The quantitative estimate of drug-likeness (QED) is 0.258. The molecule has 4 aromatic rings. The minimum Gasteiger partial charge on any atom is -0.497 e. The van der Waals surface area contributed by atoms with Gasteiger partial charge in [0.05, 0.1) is 18.5 Å². The zero-order valence-electron chi connectivity index (χ0n) is 19.0. The molecule has 0 unspecified atom stereocenters. The maximum atomic E-state index is 13.8. The number of benzene rings is 4. The van der Waals surface area contributed by atoms with Gasteiger partial charge in [-0.25, -0.2) is 4.99 Å². The summed E-state index contributed by atoms with van der Waals surface area (Å²) in [5, 5.41) is 0. The molecule has 33 heavy (non-hydrogen) atoms. The topological polar surface area (TPSA) is 41.9 Å². The van der Waals surface area contributed by atoms with Crippen LogP contribution in [0, 0.1) is 13.8 Å². The molecule has 0 radical (unpaired) electrons. The summed E-state index contributed by atoms with van der Waals surface area (Å²) in [6.07, 6.45) is 0.